The quantitative estimate of drug-likeness (QED) is 0.687. The van der Waals surface area contributed by atoms with E-state index < -0.39 is 0 Å². The van der Waals surface area contributed by atoms with Gasteiger partial charge in [-0.05, 0) is 12.1 Å². The monoisotopic (exact) mass is 331 g/mol. The molecule has 2 aromatic rings. The molecule has 20 heavy (non-hydrogen) atoms. The summed E-state index contributed by atoms with van der Waals surface area (Å²) in [5, 5.41) is 19.0. The van der Waals surface area contributed by atoms with Crippen LogP contribution >= 0.6 is 34.8 Å². The third kappa shape index (κ3) is 2.69. The third-order valence-electron chi connectivity index (χ3n) is 2.50. The number of anilines is 1. The molecule has 0 unspecified atom stereocenters. The van der Waals surface area contributed by atoms with Gasteiger partial charge in [-0.15, -0.1) is 0 Å². The lowest BCUT2D eigenvalue weighted by atomic mass is 10.2. The van der Waals surface area contributed by atoms with Crippen molar-refractivity contribution in [2.75, 3.05) is 18.7 Å². The van der Waals surface area contributed by atoms with Gasteiger partial charge >= 0.3 is 0 Å². The average Bonchev–Trinajstić information content (AvgIpc) is 2.85. The lowest BCUT2D eigenvalue weighted by Gasteiger charge is -2.10. The molecule has 0 aliphatic heterocycles. The molecule has 0 atom stereocenters. The van der Waals surface area contributed by atoms with Gasteiger partial charge in [-0.3, -0.25) is 0 Å². The summed E-state index contributed by atoms with van der Waals surface area (Å²) in [6, 6.07) is 4.91. The second-order valence-electron chi connectivity index (χ2n) is 3.87. The zero-order valence-electron chi connectivity index (χ0n) is 10.2. The molecule has 0 radical (unpaired) electrons. The Bertz CT molecular complexity index is 694. The number of hydrogen-bond acceptors (Lipinski definition) is 5. The molecule has 104 valence electrons. The smallest absolute Gasteiger partial charge is 0.236 e. The van der Waals surface area contributed by atoms with Crippen LogP contribution in [0.5, 0.6) is 0 Å². The van der Waals surface area contributed by atoms with Crippen LogP contribution in [-0.4, -0.2) is 23.9 Å². The number of nitrogens with zero attached hydrogens (tertiary/aromatic N) is 3. The zero-order chi connectivity index (χ0) is 14.9. The number of hydrogen-bond donors (Lipinski definition) is 1. The summed E-state index contributed by atoms with van der Waals surface area (Å²) in [6.07, 6.45) is 0. The van der Waals surface area contributed by atoms with Gasteiger partial charge in [0, 0.05) is 12.1 Å². The first-order valence-corrected chi connectivity index (χ1v) is 6.49. The molecule has 0 fully saturated rings. The molecule has 0 bridgehead atoms. The number of oxazole rings is 1. The molecule has 0 aliphatic rings. The maximum atomic E-state index is 9.09. The van der Waals surface area contributed by atoms with E-state index in [2.05, 4.69) is 4.98 Å². The molecule has 2 rings (SSSR count). The maximum Gasteiger partial charge on any atom is 0.236 e. The van der Waals surface area contributed by atoms with Crippen LogP contribution in [0.2, 0.25) is 15.1 Å². The minimum absolute atomic E-state index is 0.0312. The van der Waals surface area contributed by atoms with Crippen LogP contribution in [0.25, 0.3) is 11.5 Å². The molecule has 0 aliphatic carbocycles. The number of benzene rings is 1. The summed E-state index contributed by atoms with van der Waals surface area (Å²) in [5.74, 6) is 0.239. The summed E-state index contributed by atoms with van der Waals surface area (Å²) in [4.78, 5) is 5.36. The number of halogens is 3. The molecule has 0 amide bonds. The Hall–Kier alpha value is -1.45. The van der Waals surface area contributed by atoms with Crippen LogP contribution in [0.4, 0.5) is 5.88 Å². The molecular weight excluding hydrogens is 325 g/mol. The Kier molecular flexibility index (Phi) is 4.41. The van der Waals surface area contributed by atoms with Crippen LogP contribution < -0.4 is 4.90 Å². The van der Waals surface area contributed by atoms with Gasteiger partial charge in [0.15, 0.2) is 0 Å². The second-order valence-corrected chi connectivity index (χ2v) is 5.09. The van der Waals surface area contributed by atoms with Crippen LogP contribution in [-0.2, 0) is 0 Å². The average molecular weight is 333 g/mol. The molecule has 1 heterocycles. The Labute approximate surface area is 129 Å². The fraction of sp³-hybridized carbons (Fsp3) is 0.167. The van der Waals surface area contributed by atoms with Gasteiger partial charge in [-0.25, -0.2) is 0 Å². The predicted molar refractivity (Wildman–Crippen MR) is 77.2 cm³/mol. The minimum atomic E-state index is -0.326. The van der Waals surface area contributed by atoms with Crippen LogP contribution in [0.3, 0.4) is 0 Å². The van der Waals surface area contributed by atoms with E-state index in [1.165, 1.54) is 17.0 Å². The Balaban J connectivity index is 2.60. The van der Waals surface area contributed by atoms with Crippen molar-refractivity contribution in [2.24, 2.45) is 0 Å². The summed E-state index contributed by atoms with van der Waals surface area (Å²) in [5.41, 5.74) is 0.405. The van der Waals surface area contributed by atoms with E-state index in [0.29, 0.717) is 10.6 Å². The molecule has 1 aromatic heterocycles. The number of aliphatic hydroxyl groups excluding tert-OH is 1. The lowest BCUT2D eigenvalue weighted by Crippen LogP contribution is -2.17. The summed E-state index contributed by atoms with van der Waals surface area (Å²) < 4.78 is 5.47. The lowest BCUT2D eigenvalue weighted by molar-refractivity contribution is 0.291. The molecule has 8 heteroatoms. The number of aliphatic hydroxyl groups is 1. The number of rotatable bonds is 3. The van der Waals surface area contributed by atoms with Gasteiger partial charge in [0.2, 0.25) is 17.5 Å². The Morgan fingerprint density at radius 3 is 2.70 bits per heavy atom. The first-order chi connectivity index (χ1) is 9.47. The minimum Gasteiger partial charge on any atom is -0.419 e. The van der Waals surface area contributed by atoms with Crippen LogP contribution in [0, 0.1) is 11.3 Å². The number of nitriles is 1. The van der Waals surface area contributed by atoms with Gasteiger partial charge in [-0.1, -0.05) is 34.8 Å². The predicted octanol–water partition coefficient (Wildman–Crippen LogP) is 3.56. The van der Waals surface area contributed by atoms with Crippen molar-refractivity contribution in [3.8, 4) is 17.5 Å². The maximum absolute atomic E-state index is 9.09. The van der Waals surface area contributed by atoms with Gasteiger partial charge in [0.25, 0.3) is 0 Å². The van der Waals surface area contributed by atoms with E-state index in [0.717, 1.165) is 0 Å². The molecule has 1 aromatic carbocycles. The van der Waals surface area contributed by atoms with E-state index in [9.17, 15) is 0 Å². The Morgan fingerprint density at radius 1 is 1.40 bits per heavy atom. The van der Waals surface area contributed by atoms with E-state index in [-0.39, 0.29) is 34.2 Å². The molecular formula is C12H8Cl3N3O2. The topological polar surface area (TPSA) is 73.3 Å². The third-order valence-corrected chi connectivity index (χ3v) is 3.52. The van der Waals surface area contributed by atoms with E-state index in [4.69, 9.17) is 49.6 Å². The van der Waals surface area contributed by atoms with Crippen molar-refractivity contribution in [2.45, 2.75) is 0 Å². The van der Waals surface area contributed by atoms with Crippen molar-refractivity contribution >= 4 is 40.7 Å². The summed E-state index contributed by atoms with van der Waals surface area (Å²) in [6.45, 7) is -0.326. The highest BCUT2D eigenvalue weighted by Crippen LogP contribution is 2.37. The van der Waals surface area contributed by atoms with E-state index >= 15 is 0 Å². The van der Waals surface area contributed by atoms with Crippen molar-refractivity contribution in [3.05, 3.63) is 32.9 Å². The first kappa shape index (κ1) is 14.9. The largest absolute Gasteiger partial charge is 0.419 e. The fourth-order valence-corrected chi connectivity index (χ4v) is 2.22. The zero-order valence-corrected chi connectivity index (χ0v) is 12.5. The van der Waals surface area contributed by atoms with Crippen LogP contribution in [0.15, 0.2) is 16.5 Å². The second kappa shape index (κ2) is 5.90. The highest BCUT2D eigenvalue weighted by Gasteiger charge is 2.20. The van der Waals surface area contributed by atoms with Crippen molar-refractivity contribution in [1.82, 2.24) is 4.98 Å². The molecule has 0 spiro atoms. The highest BCUT2D eigenvalue weighted by molar-refractivity contribution is 6.44. The standard InChI is InChI=1S/C12H8Cl3N3O2/c1-18(5-19)12-9(4-16)17-11(20-12)7-2-6(13)3-8(14)10(7)15/h2-3,19H,5H2,1H3. The summed E-state index contributed by atoms with van der Waals surface area (Å²) in [7, 11) is 1.55. The highest BCUT2D eigenvalue weighted by atomic mass is 35.5. The van der Waals surface area contributed by atoms with Gasteiger partial charge in [0.1, 0.15) is 12.8 Å². The van der Waals surface area contributed by atoms with Gasteiger partial charge in [0.05, 0.1) is 15.6 Å². The van der Waals surface area contributed by atoms with Gasteiger partial charge in [-0.2, -0.15) is 10.2 Å². The number of aromatic nitrogens is 1. The van der Waals surface area contributed by atoms with Gasteiger partial charge < -0.3 is 14.4 Å². The van der Waals surface area contributed by atoms with Crippen molar-refractivity contribution < 1.29 is 9.52 Å². The molecule has 0 saturated heterocycles. The first-order valence-electron chi connectivity index (χ1n) is 5.35. The SMILES string of the molecule is CN(CO)c1oc(-c2cc(Cl)cc(Cl)c2Cl)nc1C#N. The molecule has 5 nitrogen and oxygen atoms in total. The summed E-state index contributed by atoms with van der Waals surface area (Å²) >= 11 is 17.9. The normalized spacial score (nSPS) is 10.4. The van der Waals surface area contributed by atoms with E-state index in [1.54, 1.807) is 7.05 Å². The molecule has 1 N–H and O–H groups in total. The van der Waals surface area contributed by atoms with Crippen LogP contribution in [0.1, 0.15) is 5.69 Å². The van der Waals surface area contributed by atoms with Crippen molar-refractivity contribution in [3.63, 3.8) is 0 Å². The van der Waals surface area contributed by atoms with Crippen molar-refractivity contribution in [1.29, 1.82) is 5.26 Å². The van der Waals surface area contributed by atoms with E-state index in [1.807, 2.05) is 6.07 Å². The molecule has 0 saturated carbocycles. The Morgan fingerprint density at radius 2 is 2.10 bits per heavy atom. The fourth-order valence-electron chi connectivity index (χ4n) is 1.53.